The summed E-state index contributed by atoms with van der Waals surface area (Å²) in [7, 11) is 0. The number of rotatable bonds is 6. The third kappa shape index (κ3) is 4.70. The molecule has 266 valence electrons. The third-order valence-electron chi connectivity index (χ3n) is 11.7. The zero-order valence-electron chi connectivity index (χ0n) is 30.9. The lowest BCUT2D eigenvalue weighted by Gasteiger charge is -2.31. The highest BCUT2D eigenvalue weighted by Gasteiger charge is 2.38. The van der Waals surface area contributed by atoms with Crippen molar-refractivity contribution in [1.82, 2.24) is 9.97 Å². The first-order valence-corrected chi connectivity index (χ1v) is 19.0. The van der Waals surface area contributed by atoms with Crippen molar-refractivity contribution in [3.63, 3.8) is 0 Å². The Morgan fingerprint density at radius 2 is 1.07 bits per heavy atom. The molecule has 0 amide bonds. The van der Waals surface area contributed by atoms with Crippen LogP contribution < -0.4 is 9.80 Å². The van der Waals surface area contributed by atoms with E-state index in [1.54, 1.807) is 12.1 Å². The highest BCUT2D eigenvalue weighted by Crippen LogP contribution is 2.55. The van der Waals surface area contributed by atoms with Gasteiger partial charge in [0.1, 0.15) is 5.82 Å². The zero-order valence-corrected chi connectivity index (χ0v) is 30.9. The quantitative estimate of drug-likeness (QED) is 0.160. The molecular formula is C51H35FN4. The molecule has 0 unspecified atom stereocenters. The van der Waals surface area contributed by atoms with Crippen LogP contribution in [0.5, 0.6) is 0 Å². The molecule has 0 bridgehead atoms. The second-order valence-corrected chi connectivity index (χ2v) is 15.1. The minimum absolute atomic E-state index is 0.206. The molecule has 0 aliphatic heterocycles. The fraction of sp³-hybridized carbons (Fsp3) is 0.0588. The zero-order chi connectivity index (χ0) is 37.5. The van der Waals surface area contributed by atoms with Gasteiger partial charge in [-0.1, -0.05) is 129 Å². The Morgan fingerprint density at radius 1 is 0.482 bits per heavy atom. The average Bonchev–Trinajstić information content (AvgIpc) is 3.48. The van der Waals surface area contributed by atoms with E-state index < -0.39 is 0 Å². The van der Waals surface area contributed by atoms with Crippen molar-refractivity contribution in [2.45, 2.75) is 19.3 Å². The van der Waals surface area contributed by atoms with Crippen LogP contribution in [-0.2, 0) is 5.41 Å². The summed E-state index contributed by atoms with van der Waals surface area (Å²) in [5.74, 6) is 0.455. The molecule has 1 aromatic heterocycles. The standard InChI is InChI=1S/C51H35FN4/c1-51(2)38-16-7-6-15-35(38)50-39(51)17-12-22-46(50)56(45-21-11-8-18-40(45)52)44-30-26-33-23-27-36-43(29-25-32-24-28-37(44)49(33)48(32)36)55(34-13-4-3-5-14-34)47-31-53-41-19-9-10-20-42(41)54-47/h3-31H,1-2H3. The van der Waals surface area contributed by atoms with Crippen LogP contribution in [0.2, 0.25) is 0 Å². The van der Waals surface area contributed by atoms with E-state index in [0.29, 0.717) is 5.69 Å². The molecule has 10 aromatic rings. The highest BCUT2D eigenvalue weighted by atomic mass is 19.1. The molecule has 5 heteroatoms. The molecule has 0 fully saturated rings. The molecule has 0 radical (unpaired) electrons. The van der Waals surface area contributed by atoms with Crippen LogP contribution in [0.1, 0.15) is 25.0 Å². The van der Waals surface area contributed by atoms with E-state index in [1.807, 2.05) is 48.7 Å². The normalized spacial score (nSPS) is 13.1. The van der Waals surface area contributed by atoms with Crippen LogP contribution in [0.3, 0.4) is 0 Å². The topological polar surface area (TPSA) is 32.3 Å². The van der Waals surface area contributed by atoms with Gasteiger partial charge in [0.2, 0.25) is 0 Å². The Bertz CT molecular complexity index is 3150. The van der Waals surface area contributed by atoms with Gasteiger partial charge in [0, 0.05) is 27.4 Å². The van der Waals surface area contributed by atoms with Gasteiger partial charge in [0.25, 0.3) is 0 Å². The maximum atomic E-state index is 16.3. The van der Waals surface area contributed by atoms with Crippen LogP contribution in [0.4, 0.5) is 38.6 Å². The smallest absolute Gasteiger partial charge is 0.156 e. The summed E-state index contributed by atoms with van der Waals surface area (Å²) in [5, 5.41) is 6.66. The monoisotopic (exact) mass is 722 g/mol. The molecule has 1 heterocycles. The fourth-order valence-corrected chi connectivity index (χ4v) is 9.13. The van der Waals surface area contributed by atoms with Crippen molar-refractivity contribution < 1.29 is 4.39 Å². The lowest BCUT2D eigenvalue weighted by atomic mass is 9.82. The number of hydrogen-bond acceptors (Lipinski definition) is 4. The summed E-state index contributed by atoms with van der Waals surface area (Å²) >= 11 is 0. The van der Waals surface area contributed by atoms with Gasteiger partial charge < -0.3 is 4.90 Å². The van der Waals surface area contributed by atoms with Crippen molar-refractivity contribution in [2.24, 2.45) is 0 Å². The van der Waals surface area contributed by atoms with Crippen LogP contribution >= 0.6 is 0 Å². The van der Waals surface area contributed by atoms with Crippen LogP contribution in [-0.4, -0.2) is 9.97 Å². The summed E-state index contributed by atoms with van der Waals surface area (Å²) in [5.41, 5.74) is 10.7. The van der Waals surface area contributed by atoms with Crippen molar-refractivity contribution in [1.29, 1.82) is 0 Å². The van der Waals surface area contributed by atoms with E-state index in [1.165, 1.54) is 16.7 Å². The number of fused-ring (bicyclic) bond motifs is 4. The molecule has 0 spiro atoms. The third-order valence-corrected chi connectivity index (χ3v) is 11.7. The van der Waals surface area contributed by atoms with Crippen molar-refractivity contribution in [3.8, 4) is 11.1 Å². The average molecular weight is 723 g/mol. The Balaban J connectivity index is 1.19. The van der Waals surface area contributed by atoms with Gasteiger partial charge in [-0.15, -0.1) is 0 Å². The fourth-order valence-electron chi connectivity index (χ4n) is 9.13. The molecule has 56 heavy (non-hydrogen) atoms. The Hall–Kier alpha value is -7.11. The Labute approximate surface area is 324 Å². The van der Waals surface area contributed by atoms with Gasteiger partial charge in [0.15, 0.2) is 5.82 Å². The van der Waals surface area contributed by atoms with E-state index in [4.69, 9.17) is 9.97 Å². The number of aromatic nitrogens is 2. The van der Waals surface area contributed by atoms with Gasteiger partial charge in [-0.25, -0.2) is 9.37 Å². The first-order chi connectivity index (χ1) is 27.5. The minimum Gasteiger partial charge on any atom is -0.306 e. The predicted molar refractivity (Wildman–Crippen MR) is 230 cm³/mol. The molecule has 11 rings (SSSR count). The minimum atomic E-state index is -0.279. The Kier molecular flexibility index (Phi) is 7.05. The van der Waals surface area contributed by atoms with Gasteiger partial charge in [-0.05, 0) is 92.8 Å². The van der Waals surface area contributed by atoms with Crippen LogP contribution in [0.15, 0.2) is 176 Å². The van der Waals surface area contributed by atoms with E-state index in [-0.39, 0.29) is 11.2 Å². The number of nitrogens with zero attached hydrogens (tertiary/aromatic N) is 4. The van der Waals surface area contributed by atoms with Gasteiger partial charge >= 0.3 is 0 Å². The largest absolute Gasteiger partial charge is 0.306 e. The number of para-hydroxylation sites is 4. The number of anilines is 6. The molecule has 0 saturated carbocycles. The number of benzene rings is 9. The van der Waals surface area contributed by atoms with Crippen LogP contribution in [0.25, 0.3) is 54.5 Å². The van der Waals surface area contributed by atoms with Gasteiger partial charge in [0.05, 0.1) is 40.0 Å². The summed E-state index contributed by atoms with van der Waals surface area (Å²) in [4.78, 5) is 14.3. The van der Waals surface area contributed by atoms with E-state index in [2.05, 4.69) is 139 Å². The maximum absolute atomic E-state index is 16.3. The highest BCUT2D eigenvalue weighted by molar-refractivity contribution is 6.28. The van der Waals surface area contributed by atoms with Crippen LogP contribution in [0, 0.1) is 5.82 Å². The molecule has 0 N–H and O–H groups in total. The lowest BCUT2D eigenvalue weighted by molar-refractivity contribution is 0.629. The summed E-state index contributed by atoms with van der Waals surface area (Å²) in [6.07, 6.45) is 1.86. The predicted octanol–water partition coefficient (Wildman–Crippen LogP) is 13.9. The van der Waals surface area contributed by atoms with Crippen molar-refractivity contribution in [3.05, 3.63) is 193 Å². The number of hydrogen-bond donors (Lipinski definition) is 0. The molecular weight excluding hydrogens is 688 g/mol. The SMILES string of the molecule is CC1(C)c2ccccc2-c2c(N(c3ccccc3F)c3ccc4ccc5c(N(c6ccccc6)c6cnc7ccccc7n6)ccc6ccc3c4c65)cccc21. The first-order valence-electron chi connectivity index (χ1n) is 19.0. The van der Waals surface area contributed by atoms with Crippen molar-refractivity contribution >= 4 is 77.6 Å². The van der Waals surface area contributed by atoms with E-state index in [0.717, 1.165) is 77.5 Å². The summed E-state index contributed by atoms with van der Waals surface area (Å²) in [6, 6.07) is 58.1. The second-order valence-electron chi connectivity index (χ2n) is 15.1. The molecule has 1 aliphatic rings. The lowest BCUT2D eigenvalue weighted by Crippen LogP contribution is -2.16. The van der Waals surface area contributed by atoms with Gasteiger partial charge in [-0.2, -0.15) is 0 Å². The molecule has 0 atom stereocenters. The van der Waals surface area contributed by atoms with Crippen molar-refractivity contribution in [2.75, 3.05) is 9.80 Å². The molecule has 0 saturated heterocycles. The molecule has 9 aromatic carbocycles. The van der Waals surface area contributed by atoms with E-state index >= 15 is 4.39 Å². The summed E-state index contributed by atoms with van der Waals surface area (Å²) < 4.78 is 16.3. The second kappa shape index (κ2) is 12.2. The molecule has 1 aliphatic carbocycles. The molecule has 4 nitrogen and oxygen atoms in total. The van der Waals surface area contributed by atoms with Gasteiger partial charge in [-0.3, -0.25) is 9.88 Å². The maximum Gasteiger partial charge on any atom is 0.156 e. The Morgan fingerprint density at radius 3 is 1.82 bits per heavy atom. The summed E-state index contributed by atoms with van der Waals surface area (Å²) in [6.45, 7) is 4.57. The van der Waals surface area contributed by atoms with E-state index in [9.17, 15) is 0 Å². The first kappa shape index (κ1) is 32.3. The number of halogens is 1.